The van der Waals surface area contributed by atoms with Crippen LogP contribution in [0.2, 0.25) is 0 Å². The number of alkyl carbamates (subject to hydrolysis) is 1. The number of urea groups is 2. The smallest absolute Gasteiger partial charge is 0.407 e. The highest BCUT2D eigenvalue weighted by Crippen LogP contribution is 2.32. The summed E-state index contributed by atoms with van der Waals surface area (Å²) >= 11 is 0. The number of likely N-dealkylation sites (tertiary alicyclic amines) is 2. The van der Waals surface area contributed by atoms with Crippen molar-refractivity contribution in [3.05, 3.63) is 130 Å². The van der Waals surface area contributed by atoms with Crippen LogP contribution in [0.4, 0.5) is 34.5 Å². The largest absolute Gasteiger partial charge is 0.442 e. The molecule has 2 fully saturated rings. The van der Waals surface area contributed by atoms with Crippen LogP contribution in [-0.4, -0.2) is 126 Å². The molecule has 18 nitrogen and oxygen atoms in total. The summed E-state index contributed by atoms with van der Waals surface area (Å²) < 4.78 is 32.9. The van der Waals surface area contributed by atoms with Gasteiger partial charge in [0.1, 0.15) is 17.2 Å². The van der Waals surface area contributed by atoms with Crippen molar-refractivity contribution >= 4 is 53.2 Å². The van der Waals surface area contributed by atoms with E-state index in [1.807, 2.05) is 62.4 Å². The third kappa shape index (κ3) is 16.5. The minimum Gasteiger partial charge on any atom is -0.442 e. The fourth-order valence-corrected chi connectivity index (χ4v) is 10.7. The van der Waals surface area contributed by atoms with Crippen LogP contribution in [0.25, 0.3) is 0 Å². The van der Waals surface area contributed by atoms with E-state index in [1.165, 1.54) is 24.3 Å². The number of anilines is 2. The highest BCUT2D eigenvalue weighted by molar-refractivity contribution is 6.35. The van der Waals surface area contributed by atoms with Crippen LogP contribution >= 0.6 is 0 Å². The van der Waals surface area contributed by atoms with Gasteiger partial charge >= 0.3 is 41.8 Å². The number of hydrogen-bond donors (Lipinski definition) is 6. The topological polar surface area (TPSA) is 214 Å². The lowest BCUT2D eigenvalue weighted by molar-refractivity contribution is -0.146. The molecule has 79 heavy (non-hydrogen) atoms. The lowest BCUT2D eigenvalue weighted by Crippen LogP contribution is -2.46. The molecule has 0 atom stereocenters. The SMILES string of the molecule is CC(C)(CNCCCCCNC(=O)C(=O)N1CCC(c2ccc(NC(=O)N3Cc4ccc(F)cc4C3)cc2)CC1)OC(=O)NCCCCCNC(=O)C(=O)N1CCC(c2ccc(NC(=O)N3Cc4ccc(F)cc4C3)cc2)CC1. The number of piperidine rings is 2. The fraction of sp³-hybridized carbons (Fsp3) is 0.475. The molecule has 6 N–H and O–H groups in total. The van der Waals surface area contributed by atoms with Crippen molar-refractivity contribution in [1.29, 1.82) is 0 Å². The van der Waals surface area contributed by atoms with Crippen LogP contribution < -0.4 is 31.9 Å². The molecule has 4 heterocycles. The van der Waals surface area contributed by atoms with Gasteiger partial charge in [-0.15, -0.1) is 0 Å². The maximum absolute atomic E-state index is 13.6. The van der Waals surface area contributed by atoms with E-state index in [2.05, 4.69) is 31.9 Å². The molecule has 4 aromatic carbocycles. The zero-order valence-electron chi connectivity index (χ0n) is 45.3. The summed E-state index contributed by atoms with van der Waals surface area (Å²) in [7, 11) is 0. The highest BCUT2D eigenvalue weighted by atomic mass is 19.1. The van der Waals surface area contributed by atoms with E-state index in [-0.39, 0.29) is 35.5 Å². The van der Waals surface area contributed by atoms with E-state index in [0.717, 1.165) is 65.5 Å². The molecule has 0 saturated carbocycles. The lowest BCUT2D eigenvalue weighted by Gasteiger charge is -2.31. The number of amides is 9. The number of benzene rings is 4. The first kappa shape index (κ1) is 57.6. The van der Waals surface area contributed by atoms with Crippen molar-refractivity contribution in [1.82, 2.24) is 40.9 Å². The van der Waals surface area contributed by atoms with E-state index >= 15 is 0 Å². The molecule has 0 aliphatic carbocycles. The second-order valence-corrected chi connectivity index (χ2v) is 21.7. The maximum atomic E-state index is 13.6. The number of fused-ring (bicyclic) bond motifs is 2. The number of carbonyl (C=O) groups is 7. The number of carbonyl (C=O) groups excluding carboxylic acids is 7. The second-order valence-electron chi connectivity index (χ2n) is 21.7. The average Bonchev–Trinajstić information content (AvgIpc) is 4.11. The van der Waals surface area contributed by atoms with E-state index in [9.17, 15) is 42.3 Å². The van der Waals surface area contributed by atoms with Gasteiger partial charge in [-0.3, -0.25) is 19.2 Å². The molecule has 2 saturated heterocycles. The summed E-state index contributed by atoms with van der Waals surface area (Å²) in [6.07, 6.45) is 6.78. The Morgan fingerprint density at radius 3 is 1.32 bits per heavy atom. The third-order valence-electron chi connectivity index (χ3n) is 15.2. The molecule has 0 unspecified atom stereocenters. The molecule has 9 amide bonds. The van der Waals surface area contributed by atoms with Crippen LogP contribution in [0.3, 0.4) is 0 Å². The van der Waals surface area contributed by atoms with Crippen molar-refractivity contribution in [3.63, 3.8) is 0 Å². The third-order valence-corrected chi connectivity index (χ3v) is 15.2. The average molecular weight is 1090 g/mol. The Balaban J connectivity index is 0.591. The predicted molar refractivity (Wildman–Crippen MR) is 294 cm³/mol. The Morgan fingerprint density at radius 2 is 0.886 bits per heavy atom. The maximum Gasteiger partial charge on any atom is 0.407 e. The normalized spacial score (nSPS) is 15.5. The number of unbranched alkanes of at least 4 members (excludes halogenated alkanes) is 4. The Labute approximate surface area is 460 Å². The van der Waals surface area contributed by atoms with Gasteiger partial charge in [0.2, 0.25) is 0 Å². The molecule has 0 radical (unpaired) electrons. The van der Waals surface area contributed by atoms with Crippen molar-refractivity contribution in [3.8, 4) is 0 Å². The summed E-state index contributed by atoms with van der Waals surface area (Å²) in [6.45, 7) is 9.39. The van der Waals surface area contributed by atoms with E-state index in [1.54, 1.807) is 31.7 Å². The molecule has 8 rings (SSSR count). The zero-order chi connectivity index (χ0) is 55.9. The summed E-state index contributed by atoms with van der Waals surface area (Å²) in [5.41, 5.74) is 6.29. The standard InChI is InChI=1S/C59H74F2N10O8/c1-59(2,39-62-25-5-3-6-26-63-52(72)54(74)68-29-21-42(22-30-68)40-11-17-50(18-12-40)66-56(76)70-35-44-9-15-48(60)33-46(44)37-70)79-58(78)65-28-8-4-7-27-64-53(73)55(75)69-31-23-43(24-32-69)41-13-19-51(20-14-41)67-57(77)71-36-45-10-16-49(61)34-47(45)38-71/h9-20,33-34,42-43,62H,3-8,21-32,35-39H2,1-2H3,(H,63,72)(H,64,73)(H,65,78)(H,66,76)(H,67,77). The minimum absolute atomic E-state index is 0.219. The molecule has 0 bridgehead atoms. The van der Waals surface area contributed by atoms with Gasteiger partial charge in [0, 0.05) is 89.9 Å². The second kappa shape index (κ2) is 27.3. The highest BCUT2D eigenvalue weighted by Gasteiger charge is 2.31. The van der Waals surface area contributed by atoms with Crippen LogP contribution in [0.5, 0.6) is 0 Å². The van der Waals surface area contributed by atoms with Gasteiger partial charge in [-0.25, -0.2) is 23.2 Å². The van der Waals surface area contributed by atoms with Crippen LogP contribution in [0, 0.1) is 11.6 Å². The molecule has 4 aliphatic rings. The first-order valence-corrected chi connectivity index (χ1v) is 27.8. The molecular weight excluding hydrogens is 1010 g/mol. The molecule has 4 aromatic rings. The Kier molecular flexibility index (Phi) is 19.9. The molecular formula is C59H74F2N10O8. The molecule has 20 heteroatoms. The minimum atomic E-state index is -0.755. The Morgan fingerprint density at radius 1 is 0.494 bits per heavy atom. The van der Waals surface area contributed by atoms with Gasteiger partial charge in [0.25, 0.3) is 0 Å². The summed E-state index contributed by atoms with van der Waals surface area (Å²) in [5.74, 6) is -2.46. The number of nitrogens with zero attached hydrogens (tertiary/aromatic N) is 4. The van der Waals surface area contributed by atoms with Gasteiger partial charge in [0.05, 0.1) is 0 Å². The molecule has 0 aromatic heterocycles. The lowest BCUT2D eigenvalue weighted by atomic mass is 9.89. The molecule has 0 spiro atoms. The van der Waals surface area contributed by atoms with Gasteiger partial charge in [-0.1, -0.05) is 42.8 Å². The number of hydrogen-bond acceptors (Lipinski definition) is 9. The summed E-state index contributed by atoms with van der Waals surface area (Å²) in [6, 6.07) is 24.1. The van der Waals surface area contributed by atoms with Crippen molar-refractivity contribution < 1.29 is 47.1 Å². The Hall–Kier alpha value is -7.61. The van der Waals surface area contributed by atoms with Crippen LogP contribution in [0.15, 0.2) is 84.9 Å². The van der Waals surface area contributed by atoms with Crippen molar-refractivity contribution in [2.45, 2.75) is 122 Å². The van der Waals surface area contributed by atoms with E-state index < -0.39 is 35.3 Å². The van der Waals surface area contributed by atoms with Gasteiger partial charge in [-0.2, -0.15) is 0 Å². The number of rotatable bonds is 19. The summed E-state index contributed by atoms with van der Waals surface area (Å²) in [5, 5.41) is 17.4. The number of halogens is 2. The first-order chi connectivity index (χ1) is 38.1. The van der Waals surface area contributed by atoms with E-state index in [0.29, 0.717) is 129 Å². The predicted octanol–water partition coefficient (Wildman–Crippen LogP) is 7.84. The van der Waals surface area contributed by atoms with Gasteiger partial charge in [-0.05, 0) is 172 Å². The van der Waals surface area contributed by atoms with Crippen LogP contribution in [-0.2, 0) is 50.1 Å². The van der Waals surface area contributed by atoms with Gasteiger partial charge in [0.15, 0.2) is 0 Å². The monoisotopic (exact) mass is 1090 g/mol. The first-order valence-electron chi connectivity index (χ1n) is 27.8. The zero-order valence-corrected chi connectivity index (χ0v) is 45.3. The van der Waals surface area contributed by atoms with Crippen molar-refractivity contribution in [2.24, 2.45) is 0 Å². The van der Waals surface area contributed by atoms with Crippen LogP contribution in [0.1, 0.15) is 123 Å². The number of ether oxygens (including phenoxy) is 1. The quantitative estimate of drug-likeness (QED) is 0.0398. The van der Waals surface area contributed by atoms with Crippen molar-refractivity contribution in [2.75, 3.05) is 69.5 Å². The van der Waals surface area contributed by atoms with Gasteiger partial charge < -0.3 is 56.2 Å². The summed E-state index contributed by atoms with van der Waals surface area (Å²) in [4.78, 5) is 95.9. The molecule has 422 valence electrons. The molecule has 4 aliphatic heterocycles. The fourth-order valence-electron chi connectivity index (χ4n) is 10.7. The van der Waals surface area contributed by atoms with E-state index in [4.69, 9.17) is 4.74 Å². The Bertz CT molecular complexity index is 2800. The number of nitrogens with one attached hydrogen (secondary N) is 6.